The van der Waals surface area contributed by atoms with E-state index >= 15 is 0 Å². The lowest BCUT2D eigenvalue weighted by Crippen LogP contribution is -2.25. The lowest BCUT2D eigenvalue weighted by Gasteiger charge is -2.10. The average molecular weight is 209 g/mol. The molecule has 1 heterocycles. The van der Waals surface area contributed by atoms with Gasteiger partial charge < -0.3 is 10.1 Å². The molecule has 1 fully saturated rings. The predicted molar refractivity (Wildman–Crippen MR) is 57.4 cm³/mol. The molecule has 1 aromatic carbocycles. The molecule has 0 amide bonds. The first-order valence-electron chi connectivity index (χ1n) is 5.28. The summed E-state index contributed by atoms with van der Waals surface area (Å²) in [6.07, 6.45) is 0.953. The number of ether oxygens (including phenoxy) is 1. The average Bonchev–Trinajstić information content (AvgIpc) is 2.68. The van der Waals surface area contributed by atoms with Gasteiger partial charge in [0.05, 0.1) is 6.61 Å². The fourth-order valence-corrected chi connectivity index (χ4v) is 2.19. The first-order chi connectivity index (χ1) is 7.31. The highest BCUT2D eigenvalue weighted by Gasteiger charge is 2.26. The minimum absolute atomic E-state index is 0.0950. The molecule has 0 aliphatic carbocycles. The molecule has 0 spiro atoms. The highest BCUT2D eigenvalue weighted by molar-refractivity contribution is 5.23. The molecule has 82 valence electrons. The number of halogens is 1. The summed E-state index contributed by atoms with van der Waals surface area (Å²) in [5, 5.41) is 3.34. The van der Waals surface area contributed by atoms with Crippen LogP contribution in [0.5, 0.6) is 0 Å². The Balaban J connectivity index is 2.04. The number of nitrogens with one attached hydrogen (secondary N) is 1. The van der Waals surface area contributed by atoms with E-state index in [4.69, 9.17) is 4.74 Å². The lowest BCUT2D eigenvalue weighted by atomic mass is 9.96. The highest BCUT2D eigenvalue weighted by atomic mass is 19.1. The van der Waals surface area contributed by atoms with Crippen molar-refractivity contribution in [2.45, 2.75) is 18.4 Å². The molecule has 0 bridgehead atoms. The largest absolute Gasteiger partial charge is 0.383 e. The molecule has 1 N–H and O–H groups in total. The summed E-state index contributed by atoms with van der Waals surface area (Å²) in [6, 6.07) is 7.38. The van der Waals surface area contributed by atoms with E-state index in [1.54, 1.807) is 13.2 Å². The van der Waals surface area contributed by atoms with Gasteiger partial charge in [0.2, 0.25) is 0 Å². The molecule has 1 aromatic rings. The monoisotopic (exact) mass is 209 g/mol. The second kappa shape index (κ2) is 4.73. The molecule has 0 saturated carbocycles. The van der Waals surface area contributed by atoms with E-state index in [1.807, 2.05) is 12.1 Å². The Morgan fingerprint density at radius 1 is 1.47 bits per heavy atom. The summed E-state index contributed by atoms with van der Waals surface area (Å²) in [5.41, 5.74) is 0.823. The van der Waals surface area contributed by atoms with Crippen LogP contribution in [0.2, 0.25) is 0 Å². The third-order valence-corrected chi connectivity index (χ3v) is 2.93. The van der Waals surface area contributed by atoms with Crippen molar-refractivity contribution in [1.29, 1.82) is 0 Å². The van der Waals surface area contributed by atoms with E-state index in [0.717, 1.165) is 18.5 Å². The summed E-state index contributed by atoms with van der Waals surface area (Å²) in [7, 11) is 1.69. The zero-order valence-electron chi connectivity index (χ0n) is 8.87. The Hall–Kier alpha value is -0.930. The molecule has 3 heteroatoms. The van der Waals surface area contributed by atoms with Crippen molar-refractivity contribution in [1.82, 2.24) is 5.32 Å². The third-order valence-electron chi connectivity index (χ3n) is 2.93. The molecule has 2 rings (SSSR count). The summed E-state index contributed by atoms with van der Waals surface area (Å²) in [5.74, 6) is 0.189. The van der Waals surface area contributed by atoms with E-state index in [2.05, 4.69) is 5.32 Å². The second-order valence-electron chi connectivity index (χ2n) is 4.01. The Morgan fingerprint density at radius 2 is 2.27 bits per heavy atom. The summed E-state index contributed by atoms with van der Waals surface area (Å²) >= 11 is 0. The van der Waals surface area contributed by atoms with Crippen LogP contribution >= 0.6 is 0 Å². The minimum Gasteiger partial charge on any atom is -0.383 e. The molecular weight excluding hydrogens is 193 g/mol. The van der Waals surface area contributed by atoms with Gasteiger partial charge in [-0.2, -0.15) is 0 Å². The van der Waals surface area contributed by atoms with Gasteiger partial charge in [-0.05, 0) is 18.1 Å². The van der Waals surface area contributed by atoms with Crippen LogP contribution in [0.15, 0.2) is 24.3 Å². The summed E-state index contributed by atoms with van der Waals surface area (Å²) in [4.78, 5) is 0. The molecular formula is C12H16FNO. The van der Waals surface area contributed by atoms with Gasteiger partial charge in [-0.1, -0.05) is 18.2 Å². The Morgan fingerprint density at radius 3 is 3.00 bits per heavy atom. The second-order valence-corrected chi connectivity index (χ2v) is 4.01. The Kier molecular flexibility index (Phi) is 3.34. The van der Waals surface area contributed by atoms with Gasteiger partial charge in [0, 0.05) is 25.6 Å². The fourth-order valence-electron chi connectivity index (χ4n) is 2.19. The van der Waals surface area contributed by atoms with Crippen molar-refractivity contribution >= 4 is 0 Å². The topological polar surface area (TPSA) is 21.3 Å². The number of rotatable bonds is 3. The maximum absolute atomic E-state index is 13.5. The van der Waals surface area contributed by atoms with Gasteiger partial charge >= 0.3 is 0 Å². The lowest BCUT2D eigenvalue weighted by molar-refractivity contribution is 0.173. The minimum atomic E-state index is -0.0950. The number of hydrogen-bond donors (Lipinski definition) is 1. The van der Waals surface area contributed by atoms with Crippen molar-refractivity contribution in [3.05, 3.63) is 35.6 Å². The van der Waals surface area contributed by atoms with E-state index < -0.39 is 0 Å². The maximum Gasteiger partial charge on any atom is 0.126 e. The molecule has 0 radical (unpaired) electrons. The maximum atomic E-state index is 13.5. The van der Waals surface area contributed by atoms with Gasteiger partial charge in [0.1, 0.15) is 5.82 Å². The first kappa shape index (κ1) is 10.6. The normalized spacial score (nSPS) is 25.7. The Bertz CT molecular complexity index is 329. The molecule has 2 atom stereocenters. The summed E-state index contributed by atoms with van der Waals surface area (Å²) < 4.78 is 18.6. The SMILES string of the molecule is COCC1CC(c2ccccc2F)CN1. The van der Waals surface area contributed by atoms with E-state index in [1.165, 1.54) is 6.07 Å². The molecule has 0 aromatic heterocycles. The smallest absolute Gasteiger partial charge is 0.126 e. The quantitative estimate of drug-likeness (QED) is 0.821. The highest BCUT2D eigenvalue weighted by Crippen LogP contribution is 2.27. The molecule has 15 heavy (non-hydrogen) atoms. The fraction of sp³-hybridized carbons (Fsp3) is 0.500. The van der Waals surface area contributed by atoms with E-state index in [0.29, 0.717) is 12.6 Å². The van der Waals surface area contributed by atoms with Gasteiger partial charge in [0.25, 0.3) is 0 Å². The van der Waals surface area contributed by atoms with Gasteiger partial charge in [-0.25, -0.2) is 4.39 Å². The Labute approximate surface area is 89.4 Å². The number of hydrogen-bond acceptors (Lipinski definition) is 2. The van der Waals surface area contributed by atoms with Crippen LogP contribution in [-0.4, -0.2) is 26.3 Å². The van der Waals surface area contributed by atoms with Crippen molar-refractivity contribution in [3.8, 4) is 0 Å². The predicted octanol–water partition coefficient (Wildman–Crippen LogP) is 1.92. The van der Waals surface area contributed by atoms with Crippen LogP contribution < -0.4 is 5.32 Å². The van der Waals surface area contributed by atoms with Gasteiger partial charge in [-0.15, -0.1) is 0 Å². The molecule has 1 saturated heterocycles. The van der Waals surface area contributed by atoms with Crippen LogP contribution in [0.25, 0.3) is 0 Å². The van der Waals surface area contributed by atoms with E-state index in [9.17, 15) is 4.39 Å². The number of methoxy groups -OCH3 is 1. The van der Waals surface area contributed by atoms with Crippen LogP contribution in [-0.2, 0) is 4.74 Å². The summed E-state index contributed by atoms with van der Waals surface area (Å²) in [6.45, 7) is 1.54. The standard InChI is InChI=1S/C12H16FNO/c1-15-8-10-6-9(7-14-10)11-4-2-3-5-12(11)13/h2-5,9-10,14H,6-8H2,1H3. The van der Waals surface area contributed by atoms with Gasteiger partial charge in [-0.3, -0.25) is 0 Å². The van der Waals surface area contributed by atoms with E-state index in [-0.39, 0.29) is 11.7 Å². The van der Waals surface area contributed by atoms with Crippen molar-refractivity contribution in [3.63, 3.8) is 0 Å². The molecule has 2 nitrogen and oxygen atoms in total. The van der Waals surface area contributed by atoms with Crippen molar-refractivity contribution < 1.29 is 9.13 Å². The van der Waals surface area contributed by atoms with Crippen LogP contribution in [0.4, 0.5) is 4.39 Å². The van der Waals surface area contributed by atoms with Crippen LogP contribution in [0.3, 0.4) is 0 Å². The first-order valence-corrected chi connectivity index (χ1v) is 5.28. The molecule has 2 unspecified atom stereocenters. The van der Waals surface area contributed by atoms with Crippen LogP contribution in [0, 0.1) is 5.82 Å². The van der Waals surface area contributed by atoms with Gasteiger partial charge in [0.15, 0.2) is 0 Å². The van der Waals surface area contributed by atoms with Crippen molar-refractivity contribution in [2.75, 3.05) is 20.3 Å². The molecule has 1 aliphatic heterocycles. The molecule has 1 aliphatic rings. The zero-order valence-corrected chi connectivity index (χ0v) is 8.87. The third kappa shape index (κ3) is 2.36. The van der Waals surface area contributed by atoms with Crippen LogP contribution in [0.1, 0.15) is 17.9 Å². The van der Waals surface area contributed by atoms with Crippen molar-refractivity contribution in [2.24, 2.45) is 0 Å². The number of benzene rings is 1. The zero-order chi connectivity index (χ0) is 10.7.